The fourth-order valence-corrected chi connectivity index (χ4v) is 2.71. The smallest absolute Gasteiger partial charge is 0.214 e. The predicted molar refractivity (Wildman–Crippen MR) is 88.3 cm³/mol. The summed E-state index contributed by atoms with van der Waals surface area (Å²) in [4.78, 5) is 0. The maximum atomic E-state index is 13.3. The quantitative estimate of drug-likeness (QED) is 0.484. The van der Waals surface area contributed by atoms with E-state index in [-0.39, 0.29) is 5.82 Å². The van der Waals surface area contributed by atoms with E-state index >= 15 is 0 Å². The molecule has 6 nitrogen and oxygen atoms in total. The van der Waals surface area contributed by atoms with Crippen LogP contribution in [0.3, 0.4) is 0 Å². The molecule has 3 rings (SSSR count). The highest BCUT2D eigenvalue weighted by molar-refractivity contribution is 7.99. The number of methoxy groups -OCH3 is 1. The lowest BCUT2D eigenvalue weighted by Gasteiger charge is -2.07. The Kier molecular flexibility index (Phi) is 5.27. The largest absolute Gasteiger partial charge is 0.497 e. The van der Waals surface area contributed by atoms with Crippen LogP contribution in [-0.2, 0) is 0 Å². The zero-order valence-electron chi connectivity index (χ0n) is 12.9. The number of ether oxygens (including phenoxy) is 2. The molecule has 0 saturated heterocycles. The molecular formula is C16H15FN4O2S. The summed E-state index contributed by atoms with van der Waals surface area (Å²) >= 11 is 1.44. The van der Waals surface area contributed by atoms with Crippen LogP contribution in [0.4, 0.5) is 4.39 Å². The second kappa shape index (κ2) is 7.78. The highest BCUT2D eigenvalue weighted by Gasteiger charge is 2.09. The van der Waals surface area contributed by atoms with Crippen LogP contribution in [0.1, 0.15) is 0 Å². The lowest BCUT2D eigenvalue weighted by atomic mass is 10.3. The maximum Gasteiger partial charge on any atom is 0.214 e. The van der Waals surface area contributed by atoms with Crippen molar-refractivity contribution in [3.05, 3.63) is 54.3 Å². The van der Waals surface area contributed by atoms with Gasteiger partial charge in [-0.05, 0) is 52.9 Å². The maximum absolute atomic E-state index is 13.3. The van der Waals surface area contributed by atoms with Gasteiger partial charge in [-0.25, -0.2) is 4.39 Å². The van der Waals surface area contributed by atoms with E-state index < -0.39 is 0 Å². The molecule has 124 valence electrons. The number of halogens is 1. The van der Waals surface area contributed by atoms with Gasteiger partial charge in [-0.1, -0.05) is 17.8 Å². The van der Waals surface area contributed by atoms with Crippen molar-refractivity contribution < 1.29 is 13.9 Å². The van der Waals surface area contributed by atoms with Gasteiger partial charge in [-0.15, -0.1) is 5.10 Å². The highest BCUT2D eigenvalue weighted by atomic mass is 32.2. The number of thioether (sulfide) groups is 1. The van der Waals surface area contributed by atoms with E-state index in [0.717, 1.165) is 11.5 Å². The molecule has 0 radical (unpaired) electrons. The minimum absolute atomic E-state index is 0.332. The van der Waals surface area contributed by atoms with Crippen LogP contribution in [0, 0.1) is 5.82 Å². The van der Waals surface area contributed by atoms with E-state index in [1.165, 1.54) is 28.6 Å². The van der Waals surface area contributed by atoms with Crippen LogP contribution in [0.2, 0.25) is 0 Å². The fraction of sp³-hybridized carbons (Fsp3) is 0.188. The zero-order chi connectivity index (χ0) is 16.8. The molecule has 0 amide bonds. The third kappa shape index (κ3) is 4.02. The summed E-state index contributed by atoms with van der Waals surface area (Å²) in [5.74, 6) is 1.87. The van der Waals surface area contributed by atoms with Crippen molar-refractivity contribution in [2.24, 2.45) is 0 Å². The van der Waals surface area contributed by atoms with Gasteiger partial charge in [-0.3, -0.25) is 0 Å². The Morgan fingerprint density at radius 1 is 1.12 bits per heavy atom. The van der Waals surface area contributed by atoms with Gasteiger partial charge in [0.2, 0.25) is 5.16 Å². The molecule has 0 saturated carbocycles. The van der Waals surface area contributed by atoms with E-state index in [4.69, 9.17) is 9.47 Å². The first kappa shape index (κ1) is 16.3. The van der Waals surface area contributed by atoms with Crippen LogP contribution in [0.15, 0.2) is 53.7 Å². The van der Waals surface area contributed by atoms with Gasteiger partial charge in [0.1, 0.15) is 17.3 Å². The highest BCUT2D eigenvalue weighted by Crippen LogP contribution is 2.20. The van der Waals surface area contributed by atoms with E-state index in [1.807, 2.05) is 24.3 Å². The van der Waals surface area contributed by atoms with Gasteiger partial charge in [0.25, 0.3) is 0 Å². The van der Waals surface area contributed by atoms with Crippen LogP contribution in [-0.4, -0.2) is 39.7 Å². The Bertz CT molecular complexity index is 795. The molecule has 3 aromatic rings. The first-order valence-corrected chi connectivity index (χ1v) is 8.19. The zero-order valence-corrected chi connectivity index (χ0v) is 13.7. The molecular weight excluding hydrogens is 331 g/mol. The van der Waals surface area contributed by atoms with Crippen molar-refractivity contribution in [3.63, 3.8) is 0 Å². The topological polar surface area (TPSA) is 62.1 Å². The first-order valence-electron chi connectivity index (χ1n) is 7.20. The standard InChI is InChI=1S/C16H15FN4O2S/c1-22-14-5-7-15(8-6-14)23-9-10-24-16-18-19-20-21(16)13-4-2-3-12(17)11-13/h2-8,11H,9-10H2,1H3. The van der Waals surface area contributed by atoms with Gasteiger partial charge in [0, 0.05) is 5.75 Å². The van der Waals surface area contributed by atoms with E-state index in [0.29, 0.717) is 23.2 Å². The molecule has 0 unspecified atom stereocenters. The summed E-state index contributed by atoms with van der Waals surface area (Å²) in [5.41, 5.74) is 0.582. The lowest BCUT2D eigenvalue weighted by molar-refractivity contribution is 0.342. The first-order chi connectivity index (χ1) is 11.8. The predicted octanol–water partition coefficient (Wildman–Crippen LogP) is 2.98. The Balaban J connectivity index is 1.55. The summed E-state index contributed by atoms with van der Waals surface area (Å²) in [5, 5.41) is 12.1. The summed E-state index contributed by atoms with van der Waals surface area (Å²) < 4.78 is 25.6. The molecule has 0 N–H and O–H groups in total. The monoisotopic (exact) mass is 346 g/mol. The molecule has 0 aliphatic rings. The van der Waals surface area contributed by atoms with Crippen LogP contribution in [0.25, 0.3) is 5.69 Å². The Morgan fingerprint density at radius 3 is 2.67 bits per heavy atom. The number of rotatable bonds is 7. The molecule has 24 heavy (non-hydrogen) atoms. The summed E-state index contributed by atoms with van der Waals surface area (Å²) in [6.45, 7) is 0.493. The van der Waals surface area contributed by atoms with Crippen molar-refractivity contribution in [1.82, 2.24) is 20.2 Å². The minimum atomic E-state index is -0.332. The van der Waals surface area contributed by atoms with Gasteiger partial charge in [-0.2, -0.15) is 4.68 Å². The summed E-state index contributed by atoms with van der Waals surface area (Å²) in [6, 6.07) is 13.5. The molecule has 1 heterocycles. The van der Waals surface area contributed by atoms with Crippen molar-refractivity contribution in [1.29, 1.82) is 0 Å². The van der Waals surface area contributed by atoms with E-state index in [9.17, 15) is 4.39 Å². The lowest BCUT2D eigenvalue weighted by Crippen LogP contribution is -2.03. The molecule has 0 aliphatic carbocycles. The third-order valence-electron chi connectivity index (χ3n) is 3.14. The number of benzene rings is 2. The average molecular weight is 346 g/mol. The van der Waals surface area contributed by atoms with Gasteiger partial charge < -0.3 is 9.47 Å². The number of nitrogens with zero attached hydrogens (tertiary/aromatic N) is 4. The molecule has 1 aromatic heterocycles. The fourth-order valence-electron chi connectivity index (χ4n) is 2.00. The Labute approximate surface area is 142 Å². The van der Waals surface area contributed by atoms with Crippen LogP contribution < -0.4 is 9.47 Å². The summed E-state index contributed by atoms with van der Waals surface area (Å²) in [6.07, 6.45) is 0. The number of hydrogen-bond donors (Lipinski definition) is 0. The normalized spacial score (nSPS) is 10.6. The molecule has 0 fully saturated rings. The number of hydrogen-bond acceptors (Lipinski definition) is 6. The molecule has 0 atom stereocenters. The van der Waals surface area contributed by atoms with E-state index in [1.54, 1.807) is 19.2 Å². The Hall–Kier alpha value is -2.61. The van der Waals surface area contributed by atoms with Crippen molar-refractivity contribution in [2.45, 2.75) is 5.16 Å². The minimum Gasteiger partial charge on any atom is -0.497 e. The average Bonchev–Trinajstić information content (AvgIpc) is 3.08. The van der Waals surface area contributed by atoms with E-state index in [2.05, 4.69) is 15.5 Å². The van der Waals surface area contributed by atoms with Gasteiger partial charge in [0.15, 0.2) is 0 Å². The SMILES string of the molecule is COc1ccc(OCCSc2nnnn2-c2cccc(F)c2)cc1. The van der Waals surface area contributed by atoms with Crippen LogP contribution in [0.5, 0.6) is 11.5 Å². The summed E-state index contributed by atoms with van der Waals surface area (Å²) in [7, 11) is 1.62. The molecule has 2 aromatic carbocycles. The number of aromatic nitrogens is 4. The molecule has 0 bridgehead atoms. The molecule has 0 spiro atoms. The molecule has 0 aliphatic heterocycles. The second-order valence-corrected chi connectivity index (χ2v) is 5.79. The Morgan fingerprint density at radius 2 is 1.92 bits per heavy atom. The number of tetrazole rings is 1. The van der Waals surface area contributed by atoms with Crippen molar-refractivity contribution >= 4 is 11.8 Å². The third-order valence-corrected chi connectivity index (χ3v) is 4.02. The van der Waals surface area contributed by atoms with Crippen molar-refractivity contribution in [3.8, 4) is 17.2 Å². The van der Waals surface area contributed by atoms with Gasteiger partial charge >= 0.3 is 0 Å². The molecule has 8 heteroatoms. The van der Waals surface area contributed by atoms with Gasteiger partial charge in [0.05, 0.1) is 19.4 Å². The van der Waals surface area contributed by atoms with Crippen LogP contribution >= 0.6 is 11.8 Å². The van der Waals surface area contributed by atoms with Crippen molar-refractivity contribution in [2.75, 3.05) is 19.5 Å². The second-order valence-electron chi connectivity index (χ2n) is 4.73.